The molecule has 0 heterocycles. The van der Waals surface area contributed by atoms with Gasteiger partial charge >= 0.3 is 0 Å². The van der Waals surface area contributed by atoms with E-state index in [0.717, 1.165) is 0 Å². The summed E-state index contributed by atoms with van der Waals surface area (Å²) >= 11 is 0. The number of rotatable bonds is 0. The minimum absolute atomic E-state index is 0. The van der Waals surface area contributed by atoms with Crippen molar-refractivity contribution >= 4 is 0 Å². The van der Waals surface area contributed by atoms with Crippen LogP contribution < -0.4 is 0 Å². The van der Waals surface area contributed by atoms with Gasteiger partial charge in [0.05, 0.1) is 0 Å². The van der Waals surface area contributed by atoms with E-state index >= 15 is 0 Å². The van der Waals surface area contributed by atoms with Crippen molar-refractivity contribution in [2.75, 3.05) is 0 Å². The maximum atomic E-state index is 0. The zero-order valence-electron chi connectivity index (χ0n) is 2.32. The molecule has 5 heteroatoms. The summed E-state index contributed by atoms with van der Waals surface area (Å²) in [4.78, 5) is 0. The van der Waals surface area contributed by atoms with Crippen LogP contribution in [-0.2, 0) is 101 Å². The van der Waals surface area contributed by atoms with E-state index in [9.17, 15) is 0 Å². The van der Waals surface area contributed by atoms with E-state index in [1.807, 2.05) is 0 Å². The van der Waals surface area contributed by atoms with Crippen LogP contribution in [0.5, 0.6) is 0 Å². The van der Waals surface area contributed by atoms with E-state index in [2.05, 4.69) is 0 Å². The van der Waals surface area contributed by atoms with Gasteiger partial charge in [0.2, 0.25) is 0 Å². The Labute approximate surface area is 99.0 Å². The second-order valence-electron chi connectivity index (χ2n) is 0. The molecule has 0 fully saturated rings. The summed E-state index contributed by atoms with van der Waals surface area (Å²) in [6.07, 6.45) is 0. The Morgan fingerprint density at radius 1 is 0.800 bits per heavy atom. The molecule has 0 saturated heterocycles. The molecule has 0 aromatic rings. The molecule has 0 N–H and O–H groups in total. The third-order valence-electron chi connectivity index (χ3n) is 0. The normalized spacial score (nSPS) is 0. The zero-order chi connectivity index (χ0) is 0. The molecule has 0 aliphatic rings. The standard InChI is InChI=1S/Ag.Au.Cu.2Zn. The van der Waals surface area contributed by atoms with Gasteiger partial charge < -0.3 is 0 Å². The maximum Gasteiger partial charge on any atom is 0 e. The van der Waals surface area contributed by atoms with Crippen molar-refractivity contribution in [1.82, 2.24) is 0 Å². The van der Waals surface area contributed by atoms with Crippen LogP contribution in [0.4, 0.5) is 0 Å². The summed E-state index contributed by atoms with van der Waals surface area (Å²) in [5.74, 6) is 0. The van der Waals surface area contributed by atoms with E-state index in [-0.39, 0.29) is 101 Å². The van der Waals surface area contributed by atoms with Gasteiger partial charge in [-0.1, -0.05) is 0 Å². The largest absolute Gasteiger partial charge is 0 e. The van der Waals surface area contributed by atoms with Crippen molar-refractivity contribution in [3.05, 3.63) is 0 Å². The molecule has 0 unspecified atom stereocenters. The van der Waals surface area contributed by atoms with Crippen LogP contribution in [0.3, 0.4) is 0 Å². The topological polar surface area (TPSA) is 0 Å². The monoisotopic (exact) mass is 495 g/mol. The van der Waals surface area contributed by atoms with Crippen LogP contribution in [0.15, 0.2) is 0 Å². The summed E-state index contributed by atoms with van der Waals surface area (Å²) in [6, 6.07) is 0. The molecule has 0 aromatic heterocycles. The molecular formula is AgAuCuZn2. The Kier molecular flexibility index (Phi) is 220. The van der Waals surface area contributed by atoms with Crippen molar-refractivity contribution in [2.45, 2.75) is 0 Å². The van der Waals surface area contributed by atoms with Crippen molar-refractivity contribution < 1.29 is 101 Å². The minimum Gasteiger partial charge on any atom is 0 e. The number of hydrogen-bond donors (Lipinski definition) is 0. The molecule has 0 rings (SSSR count). The van der Waals surface area contributed by atoms with Gasteiger partial charge in [-0.05, 0) is 0 Å². The van der Waals surface area contributed by atoms with Gasteiger partial charge in [0, 0.05) is 101 Å². The fourth-order valence-electron chi connectivity index (χ4n) is 0. The van der Waals surface area contributed by atoms with E-state index in [4.69, 9.17) is 0 Å². The summed E-state index contributed by atoms with van der Waals surface area (Å²) in [5, 5.41) is 0. The molecule has 5 heavy (non-hydrogen) atoms. The SMILES string of the molecule is [Ag].[Au].[Cu].[Zn].[Zn]. The number of hydrogen-bond acceptors (Lipinski definition) is 0. The first-order valence-electron chi connectivity index (χ1n) is 0. The predicted molar refractivity (Wildman–Crippen MR) is 0 cm³/mol. The third-order valence-corrected chi connectivity index (χ3v) is 0. The van der Waals surface area contributed by atoms with Gasteiger partial charge in [0.1, 0.15) is 0 Å². The van der Waals surface area contributed by atoms with Crippen LogP contribution >= 0.6 is 0 Å². The Morgan fingerprint density at radius 3 is 0.800 bits per heavy atom. The molecule has 0 bridgehead atoms. The Hall–Kier alpha value is 3.25. The summed E-state index contributed by atoms with van der Waals surface area (Å²) in [6.45, 7) is 0. The van der Waals surface area contributed by atoms with E-state index in [0.29, 0.717) is 0 Å². The van der Waals surface area contributed by atoms with Crippen LogP contribution in [0.1, 0.15) is 0 Å². The average molecular weight is 499 g/mol. The van der Waals surface area contributed by atoms with Gasteiger partial charge in [-0.25, -0.2) is 0 Å². The Morgan fingerprint density at radius 2 is 0.800 bits per heavy atom. The molecule has 3 radical (unpaired) electrons. The van der Waals surface area contributed by atoms with Crippen LogP contribution in [0.25, 0.3) is 0 Å². The van der Waals surface area contributed by atoms with Gasteiger partial charge in [0.25, 0.3) is 0 Å². The fraction of sp³-hybridized carbons (Fsp3) is 0. The van der Waals surface area contributed by atoms with Crippen LogP contribution in [0, 0.1) is 0 Å². The predicted octanol–water partition coefficient (Wildman–Crippen LogP) is -0.0125. The van der Waals surface area contributed by atoms with Crippen LogP contribution in [0.2, 0.25) is 0 Å². The first-order valence-corrected chi connectivity index (χ1v) is 0. The second-order valence-corrected chi connectivity index (χ2v) is 0. The third kappa shape index (κ3) is 18.9. The molecule has 0 aliphatic heterocycles. The van der Waals surface area contributed by atoms with E-state index in [1.165, 1.54) is 0 Å². The average Bonchev–Trinajstić information content (AvgIpc) is 0. The van der Waals surface area contributed by atoms with Crippen LogP contribution in [-0.4, -0.2) is 0 Å². The van der Waals surface area contributed by atoms with Crippen molar-refractivity contribution in [1.29, 1.82) is 0 Å². The first-order chi connectivity index (χ1) is 0. The van der Waals surface area contributed by atoms with Crippen molar-refractivity contribution in [2.24, 2.45) is 0 Å². The van der Waals surface area contributed by atoms with E-state index in [1.54, 1.807) is 0 Å². The second kappa shape index (κ2) is 26.8. The molecule has 0 nitrogen and oxygen atoms in total. The molecule has 0 spiro atoms. The molecule has 0 aliphatic carbocycles. The zero-order valence-corrected chi connectivity index (χ0v) is 12.8. The quantitative estimate of drug-likeness (QED) is 0.412. The first kappa shape index (κ1) is 41.1. The fourth-order valence-corrected chi connectivity index (χ4v) is 0. The summed E-state index contributed by atoms with van der Waals surface area (Å²) in [5.41, 5.74) is 0. The minimum atomic E-state index is 0. The molecule has 37 valence electrons. The molecule has 0 amide bonds. The van der Waals surface area contributed by atoms with Gasteiger partial charge in [-0.2, -0.15) is 0 Å². The van der Waals surface area contributed by atoms with Crippen molar-refractivity contribution in [3.8, 4) is 0 Å². The van der Waals surface area contributed by atoms with Gasteiger partial charge in [-0.15, -0.1) is 0 Å². The van der Waals surface area contributed by atoms with Gasteiger partial charge in [-0.3, -0.25) is 0 Å². The smallest absolute Gasteiger partial charge is 0 e. The Bertz CT molecular complexity index is 9.61. The summed E-state index contributed by atoms with van der Waals surface area (Å²) in [7, 11) is 0. The molecule has 0 aromatic carbocycles. The molecule has 0 atom stereocenters. The molecule has 0 saturated carbocycles. The van der Waals surface area contributed by atoms with E-state index < -0.39 is 0 Å². The maximum absolute atomic E-state index is 0. The Balaban J connectivity index is 0. The van der Waals surface area contributed by atoms with Crippen molar-refractivity contribution in [3.63, 3.8) is 0 Å². The summed E-state index contributed by atoms with van der Waals surface area (Å²) < 4.78 is 0. The molecular weight excluding hydrogens is 499 g/mol. The van der Waals surface area contributed by atoms with Gasteiger partial charge in [0.15, 0.2) is 0 Å².